The molecule has 0 unspecified atom stereocenters. The second-order valence-corrected chi connectivity index (χ2v) is 6.90. The lowest BCUT2D eigenvalue weighted by Gasteiger charge is -2.28. The molecule has 0 rings (SSSR count). The molecule has 3 N–H and O–H groups in total. The third kappa shape index (κ3) is 13.0. The summed E-state index contributed by atoms with van der Waals surface area (Å²) in [7, 11) is 4.88. The Morgan fingerprint density at radius 2 is 1.35 bits per heavy atom. The standard InChI is InChI=1S/C20H45N3O3/c1-5-17-23(19-16-22-15-14-21)18-12-10-8-6-7-9-11-13-20(24-2,25-3)26-4/h22H,5-19,21H2,1-4H3. The van der Waals surface area contributed by atoms with E-state index in [-0.39, 0.29) is 0 Å². The highest BCUT2D eigenvalue weighted by atomic mass is 16.9. The molecule has 0 spiro atoms. The summed E-state index contributed by atoms with van der Waals surface area (Å²) in [5, 5.41) is 3.38. The Bertz CT molecular complexity index is 281. The number of nitrogens with zero attached hydrogens (tertiary/aromatic N) is 1. The number of methoxy groups -OCH3 is 3. The predicted molar refractivity (Wildman–Crippen MR) is 109 cm³/mol. The van der Waals surface area contributed by atoms with Gasteiger partial charge in [-0.3, -0.25) is 0 Å². The van der Waals surface area contributed by atoms with Crippen LogP contribution in [0.5, 0.6) is 0 Å². The van der Waals surface area contributed by atoms with Gasteiger partial charge in [-0.05, 0) is 32.4 Å². The van der Waals surface area contributed by atoms with Crippen LogP contribution < -0.4 is 11.1 Å². The molecule has 0 radical (unpaired) electrons. The van der Waals surface area contributed by atoms with E-state index in [0.717, 1.165) is 39.0 Å². The highest BCUT2D eigenvalue weighted by molar-refractivity contribution is 4.61. The summed E-state index contributed by atoms with van der Waals surface area (Å²) >= 11 is 0. The molecule has 0 aromatic heterocycles. The van der Waals surface area contributed by atoms with Gasteiger partial charge in [-0.25, -0.2) is 0 Å². The monoisotopic (exact) mass is 375 g/mol. The molecule has 0 aromatic rings. The van der Waals surface area contributed by atoms with Gasteiger partial charge in [0.2, 0.25) is 0 Å². The van der Waals surface area contributed by atoms with Crippen LogP contribution in [0.15, 0.2) is 0 Å². The van der Waals surface area contributed by atoms with Crippen molar-refractivity contribution in [3.05, 3.63) is 0 Å². The lowest BCUT2D eigenvalue weighted by Crippen LogP contribution is -2.35. The minimum Gasteiger partial charge on any atom is -0.331 e. The van der Waals surface area contributed by atoms with Crippen molar-refractivity contribution < 1.29 is 14.2 Å². The summed E-state index contributed by atoms with van der Waals surface area (Å²) in [6, 6.07) is 0. The predicted octanol–water partition coefficient (Wildman–Crippen LogP) is 2.96. The molecule has 0 aliphatic rings. The minimum atomic E-state index is -0.859. The SMILES string of the molecule is CCCN(CCCCCCCCCC(OC)(OC)OC)CCNCCN. The highest BCUT2D eigenvalue weighted by Gasteiger charge is 2.28. The molecule has 6 nitrogen and oxygen atoms in total. The molecule has 0 aromatic carbocycles. The Balaban J connectivity index is 3.60. The molecule has 0 fully saturated rings. The van der Waals surface area contributed by atoms with Crippen LogP contribution in [-0.2, 0) is 14.2 Å². The van der Waals surface area contributed by atoms with Gasteiger partial charge in [0.25, 0.3) is 5.97 Å². The van der Waals surface area contributed by atoms with Gasteiger partial charge in [0.05, 0.1) is 0 Å². The van der Waals surface area contributed by atoms with Crippen molar-refractivity contribution in [2.45, 2.75) is 70.7 Å². The van der Waals surface area contributed by atoms with E-state index in [0.29, 0.717) is 0 Å². The van der Waals surface area contributed by atoms with E-state index in [1.807, 2.05) is 0 Å². The molecule has 0 saturated carbocycles. The van der Waals surface area contributed by atoms with Crippen molar-refractivity contribution in [1.82, 2.24) is 10.2 Å². The summed E-state index contributed by atoms with van der Waals surface area (Å²) in [6.07, 6.45) is 10.8. The molecule has 0 aliphatic heterocycles. The first-order valence-electron chi connectivity index (χ1n) is 10.5. The van der Waals surface area contributed by atoms with Gasteiger partial charge >= 0.3 is 0 Å². The average Bonchev–Trinajstić information content (AvgIpc) is 2.67. The number of nitrogens with two attached hydrogens (primary N) is 1. The van der Waals surface area contributed by atoms with Crippen molar-refractivity contribution >= 4 is 0 Å². The van der Waals surface area contributed by atoms with E-state index in [2.05, 4.69) is 17.1 Å². The van der Waals surface area contributed by atoms with E-state index in [9.17, 15) is 0 Å². The molecule has 26 heavy (non-hydrogen) atoms. The fraction of sp³-hybridized carbons (Fsp3) is 1.00. The lowest BCUT2D eigenvalue weighted by atomic mass is 10.1. The van der Waals surface area contributed by atoms with E-state index >= 15 is 0 Å². The van der Waals surface area contributed by atoms with Crippen LogP contribution in [0, 0.1) is 0 Å². The van der Waals surface area contributed by atoms with E-state index in [1.165, 1.54) is 58.0 Å². The summed E-state index contributed by atoms with van der Waals surface area (Å²) < 4.78 is 16.0. The normalized spacial score (nSPS) is 12.2. The van der Waals surface area contributed by atoms with Crippen LogP contribution in [0.4, 0.5) is 0 Å². The van der Waals surface area contributed by atoms with Crippen LogP contribution in [-0.4, -0.2) is 71.5 Å². The van der Waals surface area contributed by atoms with Gasteiger partial charge in [0.15, 0.2) is 0 Å². The van der Waals surface area contributed by atoms with E-state index < -0.39 is 5.97 Å². The molecule has 0 amide bonds. The maximum absolute atomic E-state index is 5.51. The second-order valence-electron chi connectivity index (χ2n) is 6.90. The molecule has 0 atom stereocenters. The number of ether oxygens (including phenoxy) is 3. The summed E-state index contributed by atoms with van der Waals surface area (Å²) in [4.78, 5) is 2.57. The molecule has 158 valence electrons. The third-order valence-electron chi connectivity index (χ3n) is 4.86. The van der Waals surface area contributed by atoms with Crippen LogP contribution in [0.3, 0.4) is 0 Å². The Labute approximate surface area is 162 Å². The Kier molecular flexibility index (Phi) is 18.0. The Hall–Kier alpha value is -0.240. The highest BCUT2D eigenvalue weighted by Crippen LogP contribution is 2.21. The molecular formula is C20H45N3O3. The molecule has 0 heterocycles. The van der Waals surface area contributed by atoms with E-state index in [4.69, 9.17) is 19.9 Å². The zero-order valence-corrected chi connectivity index (χ0v) is 17.9. The minimum absolute atomic E-state index is 0.719. The van der Waals surface area contributed by atoms with Crippen LogP contribution in [0.25, 0.3) is 0 Å². The quantitative estimate of drug-likeness (QED) is 0.252. The molecule has 0 bridgehead atoms. The fourth-order valence-corrected chi connectivity index (χ4v) is 3.23. The molecular weight excluding hydrogens is 330 g/mol. The summed E-state index contributed by atoms with van der Waals surface area (Å²) in [5.74, 6) is -0.859. The van der Waals surface area contributed by atoms with Crippen LogP contribution in [0.1, 0.15) is 64.7 Å². The van der Waals surface area contributed by atoms with Crippen LogP contribution in [0.2, 0.25) is 0 Å². The number of hydrogen-bond acceptors (Lipinski definition) is 6. The fourth-order valence-electron chi connectivity index (χ4n) is 3.23. The van der Waals surface area contributed by atoms with Crippen LogP contribution >= 0.6 is 0 Å². The number of hydrogen-bond donors (Lipinski definition) is 2. The first-order chi connectivity index (χ1) is 12.7. The van der Waals surface area contributed by atoms with Gasteiger partial charge < -0.3 is 30.2 Å². The van der Waals surface area contributed by atoms with Crippen molar-refractivity contribution in [3.63, 3.8) is 0 Å². The summed E-state index contributed by atoms with van der Waals surface area (Å²) in [6.45, 7) is 8.49. The van der Waals surface area contributed by atoms with Crippen molar-refractivity contribution in [1.29, 1.82) is 0 Å². The summed E-state index contributed by atoms with van der Waals surface area (Å²) in [5.41, 5.74) is 5.51. The van der Waals surface area contributed by atoms with Gasteiger partial charge in [0, 0.05) is 53.9 Å². The molecule has 0 saturated heterocycles. The maximum Gasteiger partial charge on any atom is 0.282 e. The average molecular weight is 376 g/mol. The van der Waals surface area contributed by atoms with Crippen molar-refractivity contribution in [2.75, 3.05) is 60.6 Å². The number of nitrogens with one attached hydrogen (secondary N) is 1. The van der Waals surface area contributed by atoms with E-state index in [1.54, 1.807) is 21.3 Å². The second kappa shape index (κ2) is 18.1. The zero-order chi connectivity index (χ0) is 19.5. The first kappa shape index (κ1) is 25.8. The first-order valence-corrected chi connectivity index (χ1v) is 10.5. The smallest absolute Gasteiger partial charge is 0.282 e. The van der Waals surface area contributed by atoms with Gasteiger partial charge in [0.1, 0.15) is 0 Å². The Morgan fingerprint density at radius 3 is 1.88 bits per heavy atom. The van der Waals surface area contributed by atoms with Gasteiger partial charge in [-0.15, -0.1) is 0 Å². The zero-order valence-electron chi connectivity index (χ0n) is 17.9. The molecule has 6 heteroatoms. The topological polar surface area (TPSA) is 69.0 Å². The number of rotatable bonds is 20. The molecule has 0 aliphatic carbocycles. The maximum atomic E-state index is 5.51. The van der Waals surface area contributed by atoms with Crippen molar-refractivity contribution in [2.24, 2.45) is 5.73 Å². The largest absolute Gasteiger partial charge is 0.331 e. The third-order valence-corrected chi connectivity index (χ3v) is 4.86. The number of unbranched alkanes of at least 4 members (excludes halogenated alkanes) is 6. The van der Waals surface area contributed by atoms with Crippen molar-refractivity contribution in [3.8, 4) is 0 Å². The van der Waals surface area contributed by atoms with Gasteiger partial charge in [-0.2, -0.15) is 0 Å². The lowest BCUT2D eigenvalue weighted by molar-refractivity contribution is -0.355. The Morgan fingerprint density at radius 1 is 0.769 bits per heavy atom. The van der Waals surface area contributed by atoms with Gasteiger partial charge in [-0.1, -0.05) is 39.0 Å².